The maximum absolute atomic E-state index is 8.44. The minimum absolute atomic E-state index is 0.0579. The lowest BCUT2D eigenvalue weighted by atomic mass is 10.2. The van der Waals surface area contributed by atoms with Gasteiger partial charge in [-0.05, 0) is 6.92 Å². The fraction of sp³-hybridized carbons (Fsp3) is 1.00. The molecule has 0 rings (SSSR count). The molecule has 7 N–H and O–H groups in total. The zero-order valence-corrected chi connectivity index (χ0v) is 7.64. The molecule has 0 aliphatic heterocycles. The van der Waals surface area contributed by atoms with Crippen LogP contribution in [-0.4, -0.2) is 40.8 Å². The maximum atomic E-state index is 8.44. The minimum atomic E-state index is -0.884. The molecule has 0 aliphatic rings. The molecule has 5 heteroatoms. The summed E-state index contributed by atoms with van der Waals surface area (Å²) in [5.74, 6) is -0.208. The van der Waals surface area contributed by atoms with Crippen molar-refractivity contribution in [2.24, 2.45) is 17.4 Å². The summed E-state index contributed by atoms with van der Waals surface area (Å²) in [5.41, 5.74) is 9.98. The molecule has 0 saturated heterocycles. The normalized spacial score (nSPS) is 17.2. The van der Waals surface area contributed by atoms with Gasteiger partial charge < -0.3 is 26.8 Å². The van der Waals surface area contributed by atoms with Gasteiger partial charge in [-0.15, -0.1) is 0 Å². The van der Waals surface area contributed by atoms with E-state index in [9.17, 15) is 0 Å². The van der Waals surface area contributed by atoms with Crippen LogP contribution in [0.2, 0.25) is 0 Å². The lowest BCUT2D eigenvalue weighted by Gasteiger charge is -2.08. The van der Waals surface area contributed by atoms with E-state index in [-0.39, 0.29) is 25.2 Å². The van der Waals surface area contributed by atoms with Crippen LogP contribution in [0.15, 0.2) is 0 Å². The summed E-state index contributed by atoms with van der Waals surface area (Å²) < 4.78 is 0. The summed E-state index contributed by atoms with van der Waals surface area (Å²) in [4.78, 5) is 0. The molecule has 0 fully saturated rings. The molecule has 12 heavy (non-hydrogen) atoms. The number of rotatable bonds is 3. The van der Waals surface area contributed by atoms with Crippen molar-refractivity contribution in [1.29, 1.82) is 0 Å². The van der Waals surface area contributed by atoms with Crippen molar-refractivity contribution in [3.63, 3.8) is 0 Å². The molecule has 0 aromatic rings. The third kappa shape index (κ3) is 12.5. The molecule has 0 bridgehead atoms. The molecule has 3 atom stereocenters. The van der Waals surface area contributed by atoms with Crippen molar-refractivity contribution in [2.75, 3.05) is 13.2 Å². The molecule has 5 nitrogen and oxygen atoms in total. The van der Waals surface area contributed by atoms with Crippen molar-refractivity contribution < 1.29 is 15.3 Å². The van der Waals surface area contributed by atoms with E-state index in [4.69, 9.17) is 26.8 Å². The Morgan fingerprint density at radius 3 is 1.42 bits per heavy atom. The molecular formula is C7H20N2O3. The first kappa shape index (κ1) is 14.3. The smallest absolute Gasteiger partial charge is 0.107 e. The van der Waals surface area contributed by atoms with Gasteiger partial charge in [-0.25, -0.2) is 0 Å². The Bertz CT molecular complexity index is 88.7. The Morgan fingerprint density at radius 2 is 1.42 bits per heavy atom. The summed E-state index contributed by atoms with van der Waals surface area (Å²) in [5, 5.41) is 24.7. The summed E-state index contributed by atoms with van der Waals surface area (Å²) >= 11 is 0. The summed E-state index contributed by atoms with van der Waals surface area (Å²) in [6.45, 7) is 3.45. The number of aliphatic hydroxyl groups is 3. The fourth-order valence-electron chi connectivity index (χ4n) is 0.108. The monoisotopic (exact) mass is 180 g/mol. The summed E-state index contributed by atoms with van der Waals surface area (Å²) in [7, 11) is 0. The second kappa shape index (κ2) is 8.89. The SMILES string of the molecule is CC(CO)C(N)O.CC(N)CO. The van der Waals surface area contributed by atoms with Crippen molar-refractivity contribution >= 4 is 0 Å². The van der Waals surface area contributed by atoms with Crippen LogP contribution in [0.25, 0.3) is 0 Å². The van der Waals surface area contributed by atoms with Gasteiger partial charge in [0.1, 0.15) is 6.23 Å². The lowest BCUT2D eigenvalue weighted by Crippen LogP contribution is -2.29. The highest BCUT2D eigenvalue weighted by Crippen LogP contribution is 1.92. The van der Waals surface area contributed by atoms with Crippen LogP contribution < -0.4 is 11.5 Å². The fourth-order valence-corrected chi connectivity index (χ4v) is 0.108. The molecule has 0 aliphatic carbocycles. The van der Waals surface area contributed by atoms with Crippen LogP contribution in [0.5, 0.6) is 0 Å². The van der Waals surface area contributed by atoms with Gasteiger partial charge in [-0.3, -0.25) is 0 Å². The topological polar surface area (TPSA) is 113 Å². The van der Waals surface area contributed by atoms with Crippen molar-refractivity contribution in [3.8, 4) is 0 Å². The second-order valence-electron chi connectivity index (χ2n) is 2.81. The highest BCUT2D eigenvalue weighted by molar-refractivity contribution is 4.53. The summed E-state index contributed by atoms with van der Waals surface area (Å²) in [6.07, 6.45) is -0.884. The molecule has 0 saturated carbocycles. The Balaban J connectivity index is 0. The first-order valence-electron chi connectivity index (χ1n) is 3.86. The van der Waals surface area contributed by atoms with Crippen molar-refractivity contribution in [1.82, 2.24) is 0 Å². The van der Waals surface area contributed by atoms with Crippen LogP contribution in [0.4, 0.5) is 0 Å². The van der Waals surface area contributed by atoms with Crippen molar-refractivity contribution in [2.45, 2.75) is 26.1 Å². The van der Waals surface area contributed by atoms with E-state index < -0.39 is 6.23 Å². The van der Waals surface area contributed by atoms with Crippen LogP contribution in [0, 0.1) is 5.92 Å². The molecule has 0 radical (unpaired) electrons. The number of hydrogen-bond acceptors (Lipinski definition) is 5. The van der Waals surface area contributed by atoms with Crippen LogP contribution in [0.1, 0.15) is 13.8 Å². The van der Waals surface area contributed by atoms with Gasteiger partial charge >= 0.3 is 0 Å². The molecule has 0 spiro atoms. The number of nitrogens with two attached hydrogens (primary N) is 2. The largest absolute Gasteiger partial charge is 0.396 e. The average molecular weight is 180 g/mol. The molecule has 0 aromatic carbocycles. The van der Waals surface area contributed by atoms with Gasteiger partial charge in [-0.1, -0.05) is 6.92 Å². The number of hydrogen-bond donors (Lipinski definition) is 5. The van der Waals surface area contributed by atoms with E-state index >= 15 is 0 Å². The van der Waals surface area contributed by atoms with E-state index in [1.165, 1.54) is 0 Å². The maximum Gasteiger partial charge on any atom is 0.107 e. The Kier molecular flexibility index (Phi) is 10.6. The lowest BCUT2D eigenvalue weighted by molar-refractivity contribution is 0.0823. The minimum Gasteiger partial charge on any atom is -0.396 e. The molecule has 0 amide bonds. The van der Waals surface area contributed by atoms with Crippen LogP contribution in [0.3, 0.4) is 0 Å². The van der Waals surface area contributed by atoms with Crippen LogP contribution >= 0.6 is 0 Å². The second-order valence-corrected chi connectivity index (χ2v) is 2.81. The van der Waals surface area contributed by atoms with E-state index in [0.717, 1.165) is 0 Å². The standard InChI is InChI=1S/C4H11NO2.C3H9NO/c1-3(2-6)4(5)7;1-3(4)2-5/h3-4,6-7H,2,5H2,1H3;3,5H,2,4H2,1H3. The van der Waals surface area contributed by atoms with Crippen LogP contribution in [-0.2, 0) is 0 Å². The first-order chi connectivity index (χ1) is 5.45. The summed E-state index contributed by atoms with van der Waals surface area (Å²) in [6, 6.07) is -0.0602. The van der Waals surface area contributed by atoms with E-state index in [1.807, 2.05) is 0 Å². The molecule has 0 aromatic heterocycles. The molecule has 0 heterocycles. The molecule has 3 unspecified atom stereocenters. The zero-order valence-electron chi connectivity index (χ0n) is 7.64. The Hall–Kier alpha value is -0.200. The van der Waals surface area contributed by atoms with E-state index in [1.54, 1.807) is 13.8 Å². The predicted molar refractivity (Wildman–Crippen MR) is 47.2 cm³/mol. The van der Waals surface area contributed by atoms with E-state index in [2.05, 4.69) is 0 Å². The molecular weight excluding hydrogens is 160 g/mol. The number of aliphatic hydroxyl groups excluding tert-OH is 3. The predicted octanol–water partition coefficient (Wildman–Crippen LogP) is -1.78. The highest BCUT2D eigenvalue weighted by atomic mass is 16.3. The van der Waals surface area contributed by atoms with Crippen molar-refractivity contribution in [3.05, 3.63) is 0 Å². The third-order valence-corrected chi connectivity index (χ3v) is 1.16. The van der Waals surface area contributed by atoms with Gasteiger partial charge in [0, 0.05) is 18.6 Å². The van der Waals surface area contributed by atoms with Gasteiger partial charge in [-0.2, -0.15) is 0 Å². The van der Waals surface area contributed by atoms with Gasteiger partial charge in [0.25, 0.3) is 0 Å². The van der Waals surface area contributed by atoms with Gasteiger partial charge in [0.15, 0.2) is 0 Å². The quantitative estimate of drug-likeness (QED) is 0.329. The highest BCUT2D eigenvalue weighted by Gasteiger charge is 2.04. The third-order valence-electron chi connectivity index (χ3n) is 1.16. The van der Waals surface area contributed by atoms with Gasteiger partial charge in [0.05, 0.1) is 6.61 Å². The molecule has 76 valence electrons. The van der Waals surface area contributed by atoms with Gasteiger partial charge in [0.2, 0.25) is 0 Å². The Labute approximate surface area is 73.0 Å². The Morgan fingerprint density at radius 1 is 1.08 bits per heavy atom. The first-order valence-corrected chi connectivity index (χ1v) is 3.86. The van der Waals surface area contributed by atoms with E-state index in [0.29, 0.717) is 0 Å². The zero-order chi connectivity index (χ0) is 10.1. The average Bonchev–Trinajstić information content (AvgIpc) is 2.04.